The van der Waals surface area contributed by atoms with Crippen molar-refractivity contribution in [3.8, 4) is 0 Å². The number of hydrogen-bond acceptors (Lipinski definition) is 5. The van der Waals surface area contributed by atoms with Crippen molar-refractivity contribution in [2.75, 3.05) is 42.6 Å². The van der Waals surface area contributed by atoms with Crippen LogP contribution in [0.2, 0.25) is 5.02 Å². The lowest BCUT2D eigenvalue weighted by molar-refractivity contribution is -0.124. The van der Waals surface area contributed by atoms with Crippen LogP contribution in [0.4, 0.5) is 11.6 Å². The van der Waals surface area contributed by atoms with Gasteiger partial charge in [-0.15, -0.1) is 0 Å². The summed E-state index contributed by atoms with van der Waals surface area (Å²) in [6.45, 7) is 3.29. The van der Waals surface area contributed by atoms with Crippen LogP contribution < -0.4 is 9.80 Å². The zero-order valence-corrected chi connectivity index (χ0v) is 11.7. The number of carbonyl (C=O) groups is 1. The molecule has 2 fully saturated rings. The molecular formula is C13H16ClN3O3. The highest BCUT2D eigenvalue weighted by Crippen LogP contribution is 2.27. The summed E-state index contributed by atoms with van der Waals surface area (Å²) in [7, 11) is 0. The van der Waals surface area contributed by atoms with Crippen LogP contribution in [-0.4, -0.2) is 54.9 Å². The summed E-state index contributed by atoms with van der Waals surface area (Å²) in [4.78, 5) is 19.9. The molecule has 0 aliphatic carbocycles. The first kappa shape index (κ1) is 13.6. The second-order valence-electron chi connectivity index (χ2n) is 4.90. The van der Waals surface area contributed by atoms with E-state index in [1.807, 2.05) is 0 Å². The van der Waals surface area contributed by atoms with Crippen molar-refractivity contribution in [3.05, 3.63) is 17.2 Å². The molecule has 20 heavy (non-hydrogen) atoms. The molecule has 6 nitrogen and oxygen atoms in total. The molecule has 1 N–H and O–H groups in total. The van der Waals surface area contributed by atoms with Gasteiger partial charge in [0, 0.05) is 31.1 Å². The average Bonchev–Trinajstić information content (AvgIpc) is 2.79. The number of carbonyl (C=O) groups excluding carboxylic acids is 1. The average molecular weight is 298 g/mol. The molecule has 2 aliphatic rings. The van der Waals surface area contributed by atoms with E-state index in [1.54, 1.807) is 12.1 Å². The molecule has 2 aliphatic heterocycles. The molecule has 2 saturated heterocycles. The molecule has 0 aromatic carbocycles. The van der Waals surface area contributed by atoms with E-state index in [1.165, 1.54) is 4.90 Å². The molecule has 0 radical (unpaired) electrons. The largest absolute Gasteiger partial charge is 0.383 e. The van der Waals surface area contributed by atoms with Crippen LogP contribution in [0.15, 0.2) is 12.1 Å². The van der Waals surface area contributed by atoms with Crippen molar-refractivity contribution >= 4 is 29.1 Å². The first-order chi connectivity index (χ1) is 9.65. The quantitative estimate of drug-likeness (QED) is 0.869. The van der Waals surface area contributed by atoms with E-state index in [4.69, 9.17) is 16.3 Å². The molecule has 1 aromatic rings. The Kier molecular flexibility index (Phi) is 3.78. The van der Waals surface area contributed by atoms with E-state index >= 15 is 0 Å². The van der Waals surface area contributed by atoms with Gasteiger partial charge in [0.2, 0.25) is 0 Å². The predicted octanol–water partition coefficient (Wildman–Crippen LogP) is 0.669. The zero-order chi connectivity index (χ0) is 14.1. The van der Waals surface area contributed by atoms with Gasteiger partial charge < -0.3 is 14.7 Å². The number of halogens is 1. The van der Waals surface area contributed by atoms with Crippen molar-refractivity contribution in [1.82, 2.24) is 4.98 Å². The Morgan fingerprint density at radius 2 is 1.95 bits per heavy atom. The van der Waals surface area contributed by atoms with Crippen molar-refractivity contribution in [2.24, 2.45) is 0 Å². The van der Waals surface area contributed by atoms with E-state index in [-0.39, 0.29) is 5.91 Å². The third-order valence-corrected chi connectivity index (χ3v) is 3.77. The molecule has 0 bridgehead atoms. The number of morpholine rings is 1. The Labute approximate surface area is 121 Å². The number of aliphatic hydroxyl groups excluding tert-OH is 1. The Morgan fingerprint density at radius 1 is 1.25 bits per heavy atom. The molecule has 1 unspecified atom stereocenters. The summed E-state index contributed by atoms with van der Waals surface area (Å²) in [5.74, 6) is 0.929. The van der Waals surface area contributed by atoms with Crippen molar-refractivity contribution in [2.45, 2.75) is 12.5 Å². The number of ether oxygens (including phenoxy) is 1. The van der Waals surface area contributed by atoms with Crippen LogP contribution in [0, 0.1) is 0 Å². The van der Waals surface area contributed by atoms with Crippen LogP contribution in [0.1, 0.15) is 6.42 Å². The third kappa shape index (κ3) is 2.59. The molecule has 3 rings (SSSR count). The van der Waals surface area contributed by atoms with Gasteiger partial charge in [-0.3, -0.25) is 9.69 Å². The molecular weight excluding hydrogens is 282 g/mol. The number of rotatable bonds is 2. The highest BCUT2D eigenvalue weighted by molar-refractivity contribution is 6.31. The molecule has 1 atom stereocenters. The van der Waals surface area contributed by atoms with E-state index in [2.05, 4.69) is 9.88 Å². The summed E-state index contributed by atoms with van der Waals surface area (Å²) in [5.41, 5.74) is 0. The standard InChI is InChI=1S/C13H16ClN3O3/c14-9-7-11(16-3-5-20-6-4-16)15-12(8-9)17-2-1-10(18)13(17)19/h7-8,10,18H,1-6H2. The maximum absolute atomic E-state index is 11.9. The first-order valence-corrected chi connectivity index (χ1v) is 7.02. The number of aromatic nitrogens is 1. The van der Waals surface area contributed by atoms with Crippen molar-refractivity contribution in [1.29, 1.82) is 0 Å². The number of amides is 1. The molecule has 0 saturated carbocycles. The van der Waals surface area contributed by atoms with Gasteiger partial charge in [0.15, 0.2) is 0 Å². The third-order valence-electron chi connectivity index (χ3n) is 3.55. The summed E-state index contributed by atoms with van der Waals surface area (Å²) in [5, 5.41) is 10.1. The smallest absolute Gasteiger partial charge is 0.257 e. The Bertz CT molecular complexity index is 520. The summed E-state index contributed by atoms with van der Waals surface area (Å²) < 4.78 is 5.31. The van der Waals surface area contributed by atoms with Crippen LogP contribution in [0.3, 0.4) is 0 Å². The Hall–Kier alpha value is -1.37. The minimum Gasteiger partial charge on any atom is -0.383 e. The van der Waals surface area contributed by atoms with Gasteiger partial charge in [-0.2, -0.15) is 0 Å². The van der Waals surface area contributed by atoms with Crippen LogP contribution in [-0.2, 0) is 9.53 Å². The molecule has 1 aromatic heterocycles. The van der Waals surface area contributed by atoms with Gasteiger partial charge >= 0.3 is 0 Å². The van der Waals surface area contributed by atoms with Gasteiger partial charge in [0.25, 0.3) is 5.91 Å². The number of pyridine rings is 1. The minimum atomic E-state index is -0.928. The maximum Gasteiger partial charge on any atom is 0.257 e. The fourth-order valence-electron chi connectivity index (χ4n) is 2.46. The number of anilines is 2. The molecule has 7 heteroatoms. The second-order valence-corrected chi connectivity index (χ2v) is 5.33. The maximum atomic E-state index is 11.9. The van der Waals surface area contributed by atoms with Crippen molar-refractivity contribution < 1.29 is 14.6 Å². The van der Waals surface area contributed by atoms with Crippen molar-refractivity contribution in [3.63, 3.8) is 0 Å². The predicted molar refractivity (Wildman–Crippen MR) is 75.3 cm³/mol. The van der Waals surface area contributed by atoms with E-state index in [0.29, 0.717) is 37.0 Å². The molecule has 1 amide bonds. The second kappa shape index (κ2) is 5.55. The molecule has 3 heterocycles. The van der Waals surface area contributed by atoms with Gasteiger partial charge in [0.05, 0.1) is 13.2 Å². The van der Waals surface area contributed by atoms with Crippen LogP contribution in [0.25, 0.3) is 0 Å². The normalized spacial score (nSPS) is 23.5. The zero-order valence-electron chi connectivity index (χ0n) is 11.0. The lowest BCUT2D eigenvalue weighted by Gasteiger charge is -2.28. The van der Waals surface area contributed by atoms with E-state index in [0.717, 1.165) is 18.9 Å². The lowest BCUT2D eigenvalue weighted by Crippen LogP contribution is -2.37. The van der Waals surface area contributed by atoms with Crippen LogP contribution >= 0.6 is 11.6 Å². The monoisotopic (exact) mass is 297 g/mol. The van der Waals surface area contributed by atoms with Gasteiger partial charge in [-0.25, -0.2) is 4.98 Å². The van der Waals surface area contributed by atoms with Gasteiger partial charge in [-0.05, 0) is 12.1 Å². The summed E-state index contributed by atoms with van der Waals surface area (Å²) in [6.07, 6.45) is -0.498. The Morgan fingerprint density at radius 3 is 2.60 bits per heavy atom. The fraction of sp³-hybridized carbons (Fsp3) is 0.538. The lowest BCUT2D eigenvalue weighted by atomic mass is 10.3. The molecule has 0 spiro atoms. The van der Waals surface area contributed by atoms with Gasteiger partial charge in [-0.1, -0.05) is 11.6 Å². The number of nitrogens with zero attached hydrogens (tertiary/aromatic N) is 3. The first-order valence-electron chi connectivity index (χ1n) is 6.65. The number of aliphatic hydroxyl groups is 1. The topological polar surface area (TPSA) is 65.9 Å². The fourth-order valence-corrected chi connectivity index (χ4v) is 2.65. The number of hydrogen-bond donors (Lipinski definition) is 1. The highest BCUT2D eigenvalue weighted by atomic mass is 35.5. The minimum absolute atomic E-state index is 0.312. The Balaban J connectivity index is 1.88. The SMILES string of the molecule is O=C1C(O)CCN1c1cc(Cl)cc(N2CCOCC2)n1. The highest BCUT2D eigenvalue weighted by Gasteiger charge is 2.32. The van der Waals surface area contributed by atoms with E-state index in [9.17, 15) is 9.90 Å². The van der Waals surface area contributed by atoms with E-state index < -0.39 is 6.10 Å². The molecule has 108 valence electrons. The van der Waals surface area contributed by atoms with Gasteiger partial charge in [0.1, 0.15) is 17.7 Å². The summed E-state index contributed by atoms with van der Waals surface area (Å²) in [6, 6.07) is 3.44. The summed E-state index contributed by atoms with van der Waals surface area (Å²) >= 11 is 6.13. The van der Waals surface area contributed by atoms with Crippen LogP contribution in [0.5, 0.6) is 0 Å².